The smallest absolute Gasteiger partial charge is 0.336 e. The Hall–Kier alpha value is -4.21. The molecule has 0 bridgehead atoms. The van der Waals surface area contributed by atoms with Crippen molar-refractivity contribution in [3.05, 3.63) is 89.0 Å². The highest BCUT2D eigenvalue weighted by molar-refractivity contribution is 7.89. The lowest BCUT2D eigenvalue weighted by Crippen LogP contribution is -2.12. The molecule has 1 atom stereocenters. The van der Waals surface area contributed by atoms with Crippen molar-refractivity contribution in [3.63, 3.8) is 0 Å². The van der Waals surface area contributed by atoms with Gasteiger partial charge in [0.25, 0.3) is 0 Å². The maximum Gasteiger partial charge on any atom is 0.336 e. The minimum Gasteiger partial charge on any atom is -0.485 e. The molecule has 0 unspecified atom stereocenters. The number of benzene rings is 3. The molecule has 188 valence electrons. The fourth-order valence-corrected chi connectivity index (χ4v) is 5.06. The quantitative estimate of drug-likeness (QED) is 0.293. The average Bonchev–Trinajstić information content (AvgIpc) is 3.19. The lowest BCUT2D eigenvalue weighted by molar-refractivity contribution is 0.0697. The summed E-state index contributed by atoms with van der Waals surface area (Å²) in [5.41, 5.74) is 3.73. The molecule has 9 heteroatoms. The van der Waals surface area contributed by atoms with Crippen LogP contribution < -0.4 is 9.88 Å². The van der Waals surface area contributed by atoms with Crippen molar-refractivity contribution in [2.45, 2.75) is 31.8 Å². The first kappa shape index (κ1) is 24.5. The molecular weight excluding hydrogens is 492 g/mol. The number of hydrogen-bond acceptors (Lipinski definition) is 6. The molecule has 0 radical (unpaired) electrons. The minimum atomic E-state index is -3.81. The number of carbonyl (C=O) groups is 1. The van der Waals surface area contributed by atoms with Crippen LogP contribution in [0, 0.1) is 13.8 Å². The normalized spacial score (nSPS) is 12.6. The van der Waals surface area contributed by atoms with Gasteiger partial charge in [0.05, 0.1) is 21.4 Å². The summed E-state index contributed by atoms with van der Waals surface area (Å²) in [4.78, 5) is 17.3. The van der Waals surface area contributed by atoms with Crippen LogP contribution in [-0.2, 0) is 10.0 Å². The van der Waals surface area contributed by atoms with Crippen LogP contribution in [0.5, 0.6) is 5.75 Å². The number of nitrogens with two attached hydrogens (primary N) is 1. The van der Waals surface area contributed by atoms with Gasteiger partial charge in [0.1, 0.15) is 23.1 Å². The number of nitrogens with zero attached hydrogens (tertiary/aromatic N) is 1. The predicted octanol–water partition coefficient (Wildman–Crippen LogP) is 5.75. The van der Waals surface area contributed by atoms with Gasteiger partial charge in [-0.1, -0.05) is 36.4 Å². The molecule has 0 fully saturated rings. The molecule has 2 aromatic heterocycles. The van der Waals surface area contributed by atoms with E-state index in [0.29, 0.717) is 44.8 Å². The number of aryl methyl sites for hydroxylation is 1. The number of carboxylic acid groups (broad SMARTS) is 1. The van der Waals surface area contributed by atoms with Gasteiger partial charge >= 0.3 is 5.97 Å². The second-order valence-electron chi connectivity index (χ2n) is 8.84. The molecule has 0 amide bonds. The van der Waals surface area contributed by atoms with Gasteiger partial charge in [-0.2, -0.15) is 0 Å². The Morgan fingerprint density at radius 1 is 1.00 bits per heavy atom. The largest absolute Gasteiger partial charge is 0.485 e. The fourth-order valence-electron chi connectivity index (χ4n) is 4.55. The summed E-state index contributed by atoms with van der Waals surface area (Å²) in [5.74, 6) is -0.236. The van der Waals surface area contributed by atoms with Crippen molar-refractivity contribution in [1.29, 1.82) is 0 Å². The number of hydrogen-bond donors (Lipinski definition) is 2. The van der Waals surface area contributed by atoms with E-state index in [9.17, 15) is 18.3 Å². The zero-order chi connectivity index (χ0) is 26.5. The maximum atomic E-state index is 12.5. The van der Waals surface area contributed by atoms with Crippen LogP contribution in [-0.4, -0.2) is 24.5 Å². The third-order valence-corrected chi connectivity index (χ3v) is 7.40. The van der Waals surface area contributed by atoms with Gasteiger partial charge in [-0.3, -0.25) is 0 Å². The molecule has 0 spiro atoms. The first-order chi connectivity index (χ1) is 17.6. The summed E-state index contributed by atoms with van der Waals surface area (Å²) < 4.78 is 35.4. The number of aromatic nitrogens is 1. The van der Waals surface area contributed by atoms with Crippen LogP contribution in [0.1, 0.15) is 40.1 Å². The Kier molecular flexibility index (Phi) is 5.97. The van der Waals surface area contributed by atoms with Gasteiger partial charge in [0, 0.05) is 10.9 Å². The van der Waals surface area contributed by atoms with E-state index in [0.717, 1.165) is 10.9 Å². The number of furan rings is 1. The van der Waals surface area contributed by atoms with E-state index in [2.05, 4.69) is 0 Å². The van der Waals surface area contributed by atoms with E-state index in [1.807, 2.05) is 31.2 Å². The van der Waals surface area contributed by atoms with Crippen LogP contribution in [0.4, 0.5) is 0 Å². The fraction of sp³-hybridized carbons (Fsp3) is 0.143. The molecule has 0 aliphatic heterocycles. The second-order valence-corrected chi connectivity index (χ2v) is 10.4. The first-order valence-electron chi connectivity index (χ1n) is 11.5. The van der Waals surface area contributed by atoms with Crippen molar-refractivity contribution in [2.75, 3.05) is 0 Å². The Morgan fingerprint density at radius 3 is 2.35 bits per heavy atom. The standard InChI is InChI=1S/C28H24N2O6S/c1-15-20-7-4-5-9-22(20)36-27(15)26-16(2)24(28(31)32)25-21(30-26)8-6-10-23(25)35-17(3)18-11-13-19(14-12-18)37(29,33)34/h4-14,17H,1-3H3,(H,31,32)(H2,29,33,34)/t17-/m1/s1. The van der Waals surface area contributed by atoms with Crippen LogP contribution in [0.25, 0.3) is 33.3 Å². The van der Waals surface area contributed by atoms with E-state index >= 15 is 0 Å². The molecule has 37 heavy (non-hydrogen) atoms. The molecule has 3 N–H and O–H groups in total. The molecule has 5 rings (SSSR count). The van der Waals surface area contributed by atoms with E-state index in [1.165, 1.54) is 12.1 Å². The zero-order valence-corrected chi connectivity index (χ0v) is 21.2. The number of aromatic carboxylic acids is 1. The van der Waals surface area contributed by atoms with Crippen LogP contribution in [0.3, 0.4) is 0 Å². The van der Waals surface area contributed by atoms with Gasteiger partial charge in [0.15, 0.2) is 5.76 Å². The lowest BCUT2D eigenvalue weighted by atomic mass is 9.98. The highest BCUT2D eigenvalue weighted by Gasteiger charge is 2.25. The molecule has 3 aromatic carbocycles. The SMILES string of the molecule is Cc1c(-c2oc3ccccc3c2C)nc2cccc(O[C@H](C)c3ccc(S(N)(=O)=O)cc3)c2c1C(=O)O. The molecule has 2 heterocycles. The summed E-state index contributed by atoms with van der Waals surface area (Å²) in [6.45, 7) is 5.43. The van der Waals surface area contributed by atoms with Gasteiger partial charge in [-0.15, -0.1) is 0 Å². The van der Waals surface area contributed by atoms with Crippen molar-refractivity contribution < 1.29 is 27.5 Å². The maximum absolute atomic E-state index is 12.5. The summed E-state index contributed by atoms with van der Waals surface area (Å²) in [5, 5.41) is 16.7. The van der Waals surface area contributed by atoms with Crippen molar-refractivity contribution >= 4 is 37.9 Å². The number of pyridine rings is 1. The Morgan fingerprint density at radius 2 is 1.70 bits per heavy atom. The van der Waals surface area contributed by atoms with Crippen LogP contribution in [0.2, 0.25) is 0 Å². The summed E-state index contributed by atoms with van der Waals surface area (Å²) in [7, 11) is -3.81. The Balaban J connectivity index is 1.63. The van der Waals surface area contributed by atoms with Gasteiger partial charge in [-0.05, 0) is 62.2 Å². The first-order valence-corrected chi connectivity index (χ1v) is 13.1. The summed E-state index contributed by atoms with van der Waals surface area (Å²) in [6.07, 6.45) is -0.514. The molecule has 8 nitrogen and oxygen atoms in total. The molecular formula is C28H24N2O6S. The summed E-state index contributed by atoms with van der Waals surface area (Å²) >= 11 is 0. The number of primary sulfonamides is 1. The molecule has 5 aromatic rings. The predicted molar refractivity (Wildman–Crippen MR) is 140 cm³/mol. The number of fused-ring (bicyclic) bond motifs is 2. The average molecular weight is 517 g/mol. The topological polar surface area (TPSA) is 133 Å². The Bertz CT molecular complexity index is 1790. The van der Waals surface area contributed by atoms with E-state index in [-0.39, 0.29) is 10.5 Å². The monoisotopic (exact) mass is 516 g/mol. The van der Waals surface area contributed by atoms with Crippen molar-refractivity contribution in [2.24, 2.45) is 5.14 Å². The minimum absolute atomic E-state index is 0.00462. The lowest BCUT2D eigenvalue weighted by Gasteiger charge is -2.19. The number of para-hydroxylation sites is 1. The highest BCUT2D eigenvalue weighted by Crippen LogP contribution is 2.39. The number of sulfonamides is 1. The van der Waals surface area contributed by atoms with E-state index < -0.39 is 22.1 Å². The molecule has 0 saturated carbocycles. The van der Waals surface area contributed by atoms with Gasteiger partial charge < -0.3 is 14.3 Å². The van der Waals surface area contributed by atoms with E-state index in [1.54, 1.807) is 44.2 Å². The zero-order valence-electron chi connectivity index (χ0n) is 20.3. The van der Waals surface area contributed by atoms with Gasteiger partial charge in [0.2, 0.25) is 10.0 Å². The second kappa shape index (κ2) is 9.02. The van der Waals surface area contributed by atoms with E-state index in [4.69, 9.17) is 19.3 Å². The molecule has 0 aliphatic rings. The number of ether oxygens (including phenoxy) is 1. The number of carboxylic acids is 1. The number of rotatable bonds is 6. The van der Waals surface area contributed by atoms with Crippen molar-refractivity contribution in [3.8, 4) is 17.2 Å². The van der Waals surface area contributed by atoms with Crippen LogP contribution >= 0.6 is 0 Å². The van der Waals surface area contributed by atoms with Crippen molar-refractivity contribution in [1.82, 2.24) is 4.98 Å². The third kappa shape index (κ3) is 4.32. The summed E-state index contributed by atoms with van der Waals surface area (Å²) in [6, 6.07) is 18.8. The van der Waals surface area contributed by atoms with Crippen LogP contribution in [0.15, 0.2) is 76.0 Å². The highest BCUT2D eigenvalue weighted by atomic mass is 32.2. The third-order valence-electron chi connectivity index (χ3n) is 6.47. The van der Waals surface area contributed by atoms with Gasteiger partial charge in [-0.25, -0.2) is 23.3 Å². The molecule has 0 aliphatic carbocycles. The molecule has 0 saturated heterocycles. The Labute approximate surface area is 213 Å².